The van der Waals surface area contributed by atoms with Crippen molar-refractivity contribution in [2.45, 2.75) is 6.92 Å². The van der Waals surface area contributed by atoms with E-state index in [0.717, 1.165) is 0 Å². The van der Waals surface area contributed by atoms with Crippen molar-refractivity contribution >= 4 is 15.9 Å². The standard InChI is InChI=1S/C10H9NO5S/c1-7-9(11(12)13)6-17(14,15)10(7)5-8-3-2-4-16-8/h2-5H,6H2,1H3. The van der Waals surface area contributed by atoms with Gasteiger partial charge in [-0.3, -0.25) is 10.1 Å². The average Bonchev–Trinajstić information content (AvgIpc) is 2.80. The molecule has 2 heterocycles. The summed E-state index contributed by atoms with van der Waals surface area (Å²) in [5, 5.41) is 10.7. The lowest BCUT2D eigenvalue weighted by Gasteiger charge is -1.96. The minimum atomic E-state index is -3.62. The number of sulfone groups is 1. The van der Waals surface area contributed by atoms with Crippen LogP contribution < -0.4 is 0 Å². The van der Waals surface area contributed by atoms with E-state index in [0.29, 0.717) is 5.76 Å². The van der Waals surface area contributed by atoms with Gasteiger partial charge < -0.3 is 4.42 Å². The Morgan fingerprint density at radius 1 is 1.53 bits per heavy atom. The molecule has 0 saturated heterocycles. The molecular weight excluding hydrogens is 246 g/mol. The van der Waals surface area contributed by atoms with Gasteiger partial charge in [0.2, 0.25) is 0 Å². The van der Waals surface area contributed by atoms with Gasteiger partial charge >= 0.3 is 0 Å². The summed E-state index contributed by atoms with van der Waals surface area (Å²) in [5.41, 5.74) is -0.103. The maximum Gasteiger partial charge on any atom is 0.265 e. The first-order chi connectivity index (χ1) is 7.92. The molecule has 0 radical (unpaired) electrons. The smallest absolute Gasteiger partial charge is 0.265 e. The maximum absolute atomic E-state index is 11.8. The van der Waals surface area contributed by atoms with Gasteiger partial charge in [0, 0.05) is 5.57 Å². The maximum atomic E-state index is 11.8. The molecule has 2 rings (SSSR count). The summed E-state index contributed by atoms with van der Waals surface area (Å²) in [6, 6.07) is 3.20. The molecule has 1 aliphatic rings. The molecule has 0 atom stereocenters. The second-order valence-corrected chi connectivity index (χ2v) is 5.57. The summed E-state index contributed by atoms with van der Waals surface area (Å²) in [4.78, 5) is 9.98. The normalized spacial score (nSPS) is 21.1. The molecule has 0 aliphatic carbocycles. The number of hydrogen-bond donors (Lipinski definition) is 0. The number of hydrogen-bond acceptors (Lipinski definition) is 5. The second-order valence-electron chi connectivity index (χ2n) is 3.61. The summed E-state index contributed by atoms with van der Waals surface area (Å²) in [6.45, 7) is 1.43. The number of allylic oxidation sites excluding steroid dienone is 1. The first-order valence-corrected chi connectivity index (χ1v) is 6.39. The highest BCUT2D eigenvalue weighted by Crippen LogP contribution is 2.32. The van der Waals surface area contributed by atoms with E-state index < -0.39 is 20.5 Å². The van der Waals surface area contributed by atoms with Gasteiger partial charge in [-0.15, -0.1) is 0 Å². The molecule has 1 aliphatic heterocycles. The van der Waals surface area contributed by atoms with Crippen LogP contribution in [0.1, 0.15) is 12.7 Å². The topological polar surface area (TPSA) is 90.4 Å². The van der Waals surface area contributed by atoms with Gasteiger partial charge in [-0.1, -0.05) is 0 Å². The van der Waals surface area contributed by atoms with Crippen molar-refractivity contribution in [2.75, 3.05) is 5.75 Å². The fraction of sp³-hybridized carbons (Fsp3) is 0.200. The van der Waals surface area contributed by atoms with Crippen LogP contribution in [0.15, 0.2) is 39.0 Å². The van der Waals surface area contributed by atoms with Crippen LogP contribution >= 0.6 is 0 Å². The Hall–Kier alpha value is -1.89. The molecule has 0 saturated carbocycles. The van der Waals surface area contributed by atoms with Gasteiger partial charge in [0.1, 0.15) is 11.5 Å². The SMILES string of the molecule is CC1=C([N+](=O)[O-])CS(=O)(=O)C1=Cc1ccco1. The predicted octanol–water partition coefficient (Wildman–Crippen LogP) is 1.60. The van der Waals surface area contributed by atoms with Gasteiger partial charge in [-0.05, 0) is 25.1 Å². The summed E-state index contributed by atoms with van der Waals surface area (Å²) in [7, 11) is -3.62. The van der Waals surface area contributed by atoms with Gasteiger partial charge in [0.15, 0.2) is 9.84 Å². The lowest BCUT2D eigenvalue weighted by molar-refractivity contribution is -0.424. The fourth-order valence-electron chi connectivity index (χ4n) is 1.63. The van der Waals surface area contributed by atoms with E-state index >= 15 is 0 Å². The first kappa shape index (κ1) is 11.6. The van der Waals surface area contributed by atoms with E-state index in [1.165, 1.54) is 19.3 Å². The zero-order valence-electron chi connectivity index (χ0n) is 8.91. The molecule has 0 aromatic carbocycles. The quantitative estimate of drug-likeness (QED) is 0.591. The number of rotatable bonds is 2. The van der Waals surface area contributed by atoms with E-state index in [1.807, 2.05) is 0 Å². The Morgan fingerprint density at radius 2 is 2.24 bits per heavy atom. The third kappa shape index (κ3) is 2.01. The summed E-state index contributed by atoms with van der Waals surface area (Å²) in [5.74, 6) is -0.203. The second kappa shape index (κ2) is 3.85. The fourth-order valence-corrected chi connectivity index (χ4v) is 3.35. The van der Waals surface area contributed by atoms with Crippen molar-refractivity contribution < 1.29 is 17.8 Å². The van der Waals surface area contributed by atoms with Crippen LogP contribution in [-0.4, -0.2) is 19.1 Å². The first-order valence-electron chi connectivity index (χ1n) is 4.74. The van der Waals surface area contributed by atoms with Gasteiger partial charge in [0.25, 0.3) is 5.70 Å². The van der Waals surface area contributed by atoms with Crippen molar-refractivity contribution in [1.29, 1.82) is 0 Å². The highest BCUT2D eigenvalue weighted by atomic mass is 32.2. The Kier molecular flexibility index (Phi) is 2.62. The molecule has 17 heavy (non-hydrogen) atoms. The van der Waals surface area contributed by atoms with Crippen molar-refractivity contribution in [3.05, 3.63) is 50.4 Å². The van der Waals surface area contributed by atoms with Crippen LogP contribution in [0.4, 0.5) is 0 Å². The number of nitrogens with zero attached hydrogens (tertiary/aromatic N) is 1. The molecule has 1 aromatic rings. The van der Waals surface area contributed by atoms with Crippen LogP contribution in [-0.2, 0) is 9.84 Å². The van der Waals surface area contributed by atoms with Crippen LogP contribution in [0.25, 0.3) is 6.08 Å². The minimum absolute atomic E-state index is 0.0425. The van der Waals surface area contributed by atoms with Crippen molar-refractivity contribution in [1.82, 2.24) is 0 Å². The third-order valence-electron chi connectivity index (χ3n) is 2.50. The molecule has 0 N–H and O–H groups in total. The molecular formula is C10H9NO5S. The Morgan fingerprint density at radius 3 is 2.71 bits per heavy atom. The van der Waals surface area contributed by atoms with Crippen LogP contribution in [0.5, 0.6) is 0 Å². The van der Waals surface area contributed by atoms with E-state index in [1.54, 1.807) is 12.1 Å². The van der Waals surface area contributed by atoms with Crippen molar-refractivity contribution in [3.63, 3.8) is 0 Å². The van der Waals surface area contributed by atoms with E-state index in [-0.39, 0.29) is 16.2 Å². The Bertz CT molecular complexity index is 622. The van der Waals surface area contributed by atoms with Gasteiger partial charge in [0.05, 0.1) is 16.1 Å². The molecule has 90 valence electrons. The summed E-state index contributed by atoms with van der Waals surface area (Å²) in [6.07, 6.45) is 2.71. The van der Waals surface area contributed by atoms with Gasteiger partial charge in [-0.25, -0.2) is 8.42 Å². The molecule has 0 spiro atoms. The molecule has 0 amide bonds. The van der Waals surface area contributed by atoms with Crippen LogP contribution in [0.2, 0.25) is 0 Å². The molecule has 0 fully saturated rings. The zero-order valence-corrected chi connectivity index (χ0v) is 9.73. The monoisotopic (exact) mass is 255 g/mol. The largest absolute Gasteiger partial charge is 0.465 e. The predicted molar refractivity (Wildman–Crippen MR) is 60.2 cm³/mol. The summed E-state index contributed by atoms with van der Waals surface area (Å²) >= 11 is 0. The molecule has 6 nitrogen and oxygen atoms in total. The lowest BCUT2D eigenvalue weighted by atomic mass is 10.2. The molecule has 0 unspecified atom stereocenters. The average molecular weight is 255 g/mol. The zero-order chi connectivity index (χ0) is 12.6. The Balaban J connectivity index is 2.56. The third-order valence-corrected chi connectivity index (χ3v) is 4.25. The highest BCUT2D eigenvalue weighted by Gasteiger charge is 2.38. The van der Waals surface area contributed by atoms with E-state index in [9.17, 15) is 18.5 Å². The van der Waals surface area contributed by atoms with E-state index in [4.69, 9.17) is 4.42 Å². The van der Waals surface area contributed by atoms with Crippen LogP contribution in [0, 0.1) is 10.1 Å². The minimum Gasteiger partial charge on any atom is -0.465 e. The Labute approximate surface area is 97.3 Å². The number of nitro groups is 1. The molecule has 1 aromatic heterocycles. The molecule has 7 heteroatoms. The van der Waals surface area contributed by atoms with Gasteiger partial charge in [-0.2, -0.15) is 0 Å². The summed E-state index contributed by atoms with van der Waals surface area (Å²) < 4.78 is 28.5. The van der Waals surface area contributed by atoms with Crippen molar-refractivity contribution in [3.8, 4) is 0 Å². The van der Waals surface area contributed by atoms with Crippen molar-refractivity contribution in [2.24, 2.45) is 0 Å². The van der Waals surface area contributed by atoms with Crippen LogP contribution in [0.3, 0.4) is 0 Å². The lowest BCUT2D eigenvalue weighted by Crippen LogP contribution is -2.06. The number of furan rings is 1. The van der Waals surface area contributed by atoms with E-state index in [2.05, 4.69) is 0 Å². The molecule has 0 bridgehead atoms. The highest BCUT2D eigenvalue weighted by molar-refractivity contribution is 7.96.